The number of phenols is 1. The SMILES string of the molecule is COCc1cccc(-c2ccc(O)c3c2C[C@@H]2C[C@@H]4[C@@H](N(C)C)C(=O)C(C(N)=O)C(=O)[C@]4(O)C(=O)C2C3=O)c1. The van der Waals surface area contributed by atoms with Crippen LogP contribution in [0, 0.1) is 23.7 Å². The maximum Gasteiger partial charge on any atom is 0.235 e. The van der Waals surface area contributed by atoms with Crippen molar-refractivity contribution < 1.29 is 38.9 Å². The second kappa shape index (κ2) is 9.48. The lowest BCUT2D eigenvalue weighted by atomic mass is 9.52. The number of rotatable bonds is 5. The number of aromatic hydroxyl groups is 1. The first-order chi connectivity index (χ1) is 18.4. The predicted molar refractivity (Wildman–Crippen MR) is 138 cm³/mol. The van der Waals surface area contributed by atoms with E-state index in [1.165, 1.54) is 11.0 Å². The van der Waals surface area contributed by atoms with E-state index in [9.17, 15) is 34.2 Å². The number of aliphatic hydroxyl groups is 1. The summed E-state index contributed by atoms with van der Waals surface area (Å²) in [5, 5.41) is 22.4. The van der Waals surface area contributed by atoms with E-state index in [0.717, 1.165) is 11.1 Å². The Balaban J connectivity index is 1.64. The van der Waals surface area contributed by atoms with Crippen LogP contribution in [0.5, 0.6) is 5.75 Å². The molecule has 6 atom stereocenters. The van der Waals surface area contributed by atoms with Gasteiger partial charge in [-0.2, -0.15) is 0 Å². The van der Waals surface area contributed by atoms with Crippen molar-refractivity contribution in [2.45, 2.75) is 31.1 Å². The van der Waals surface area contributed by atoms with Gasteiger partial charge in [0.05, 0.1) is 24.1 Å². The van der Waals surface area contributed by atoms with Crippen LogP contribution in [0.1, 0.15) is 27.9 Å². The number of ether oxygens (including phenoxy) is 1. The Bertz CT molecular complexity index is 1430. The lowest BCUT2D eigenvalue weighted by Crippen LogP contribution is -2.74. The molecule has 0 heterocycles. The number of likely N-dealkylation sites (N-methyl/N-ethyl adjacent to an activating group) is 1. The number of carbonyl (C=O) groups excluding carboxylic acids is 5. The van der Waals surface area contributed by atoms with Gasteiger partial charge in [-0.1, -0.05) is 24.3 Å². The molecule has 0 aromatic heterocycles. The van der Waals surface area contributed by atoms with Gasteiger partial charge in [-0.25, -0.2) is 0 Å². The minimum absolute atomic E-state index is 0.00268. The van der Waals surface area contributed by atoms with Gasteiger partial charge in [0.15, 0.2) is 34.7 Å². The van der Waals surface area contributed by atoms with E-state index in [1.807, 2.05) is 24.3 Å². The Kier molecular flexibility index (Phi) is 6.53. The molecule has 2 fully saturated rings. The number of Topliss-reactive ketones (excluding diaryl/α,β-unsaturated/α-hetero) is 4. The van der Waals surface area contributed by atoms with E-state index >= 15 is 0 Å². The van der Waals surface area contributed by atoms with Crippen LogP contribution in [0.4, 0.5) is 0 Å². The van der Waals surface area contributed by atoms with Crippen LogP contribution in [-0.2, 0) is 36.9 Å². The molecule has 5 rings (SSSR count). The third-order valence-corrected chi connectivity index (χ3v) is 8.49. The minimum atomic E-state index is -2.74. The zero-order valence-corrected chi connectivity index (χ0v) is 21.8. The van der Waals surface area contributed by atoms with Gasteiger partial charge >= 0.3 is 0 Å². The highest BCUT2D eigenvalue weighted by Gasteiger charge is 2.69. The summed E-state index contributed by atoms with van der Waals surface area (Å²) in [5.74, 6) is -10.6. The third-order valence-electron chi connectivity index (χ3n) is 8.49. The largest absolute Gasteiger partial charge is 0.507 e. The average molecular weight is 535 g/mol. The number of hydrogen-bond donors (Lipinski definition) is 3. The Morgan fingerprint density at radius 3 is 2.49 bits per heavy atom. The summed E-state index contributed by atoms with van der Waals surface area (Å²) in [5.41, 5.74) is 5.54. The molecule has 2 saturated carbocycles. The van der Waals surface area contributed by atoms with E-state index in [0.29, 0.717) is 17.7 Å². The molecule has 0 spiro atoms. The van der Waals surface area contributed by atoms with Gasteiger partial charge in [0.2, 0.25) is 5.91 Å². The van der Waals surface area contributed by atoms with Gasteiger partial charge < -0.3 is 20.7 Å². The summed E-state index contributed by atoms with van der Waals surface area (Å²) in [6.07, 6.45) is 0.201. The zero-order chi connectivity index (χ0) is 28.4. The third kappa shape index (κ3) is 3.85. The molecule has 4 N–H and O–H groups in total. The van der Waals surface area contributed by atoms with Crippen LogP contribution in [0.2, 0.25) is 0 Å². The predicted octanol–water partition coefficient (Wildman–Crippen LogP) is 0.680. The molecule has 39 heavy (non-hydrogen) atoms. The molecule has 10 heteroatoms. The fourth-order valence-electron chi connectivity index (χ4n) is 6.87. The van der Waals surface area contributed by atoms with E-state index in [2.05, 4.69) is 0 Å². The number of nitrogens with two attached hydrogens (primary N) is 1. The second-order valence-electron chi connectivity index (χ2n) is 10.9. The number of carbonyl (C=O) groups is 5. The smallest absolute Gasteiger partial charge is 0.235 e. The monoisotopic (exact) mass is 534 g/mol. The topological polar surface area (TPSA) is 164 Å². The lowest BCUT2D eigenvalue weighted by Gasteiger charge is -2.52. The molecule has 2 aromatic carbocycles. The van der Waals surface area contributed by atoms with E-state index in [4.69, 9.17) is 10.5 Å². The van der Waals surface area contributed by atoms with E-state index in [-0.39, 0.29) is 24.2 Å². The number of amides is 1. The Labute approximate surface area is 224 Å². The van der Waals surface area contributed by atoms with Crippen LogP contribution in [-0.4, -0.2) is 77.0 Å². The summed E-state index contributed by atoms with van der Waals surface area (Å²) in [7, 11) is 4.69. The molecule has 1 amide bonds. The number of methoxy groups -OCH3 is 1. The van der Waals surface area contributed by atoms with Crippen molar-refractivity contribution in [3.05, 3.63) is 53.1 Å². The maximum atomic E-state index is 13.9. The number of hydrogen-bond acceptors (Lipinski definition) is 9. The van der Waals surface area contributed by atoms with Gasteiger partial charge in [-0.3, -0.25) is 28.9 Å². The quantitative estimate of drug-likeness (QED) is 0.468. The van der Waals surface area contributed by atoms with Crippen LogP contribution in [0.3, 0.4) is 0 Å². The highest BCUT2D eigenvalue weighted by atomic mass is 16.5. The summed E-state index contributed by atoms with van der Waals surface area (Å²) in [4.78, 5) is 67.9. The fraction of sp³-hybridized carbons (Fsp3) is 0.414. The molecule has 0 saturated heterocycles. The van der Waals surface area contributed by atoms with Crippen LogP contribution in [0.15, 0.2) is 36.4 Å². The molecule has 204 valence electrons. The normalized spacial score (nSPS) is 30.1. The Morgan fingerprint density at radius 2 is 1.85 bits per heavy atom. The number of ketones is 4. The van der Waals surface area contributed by atoms with Crippen molar-refractivity contribution >= 4 is 29.0 Å². The molecule has 2 aromatic rings. The number of phenolic OH excluding ortho intramolecular Hbond substituents is 1. The van der Waals surface area contributed by atoms with Crippen molar-refractivity contribution in [3.63, 3.8) is 0 Å². The molecule has 0 aliphatic heterocycles. The van der Waals surface area contributed by atoms with Crippen molar-refractivity contribution in [2.24, 2.45) is 29.4 Å². The molecule has 0 radical (unpaired) electrons. The summed E-state index contributed by atoms with van der Waals surface area (Å²) < 4.78 is 5.24. The first kappa shape index (κ1) is 26.9. The zero-order valence-electron chi connectivity index (χ0n) is 21.8. The molecule has 3 aliphatic carbocycles. The number of benzene rings is 2. The van der Waals surface area contributed by atoms with Crippen molar-refractivity contribution in [1.29, 1.82) is 0 Å². The van der Waals surface area contributed by atoms with Gasteiger partial charge in [0.1, 0.15) is 5.75 Å². The second-order valence-corrected chi connectivity index (χ2v) is 10.9. The molecule has 10 nitrogen and oxygen atoms in total. The van der Waals surface area contributed by atoms with Gasteiger partial charge in [0.25, 0.3) is 0 Å². The maximum absolute atomic E-state index is 13.9. The van der Waals surface area contributed by atoms with E-state index < -0.39 is 64.4 Å². The highest BCUT2D eigenvalue weighted by molar-refractivity contribution is 6.32. The number of nitrogens with zero attached hydrogens (tertiary/aromatic N) is 1. The summed E-state index contributed by atoms with van der Waals surface area (Å²) in [6.45, 7) is 0.382. The fourth-order valence-corrected chi connectivity index (χ4v) is 6.87. The minimum Gasteiger partial charge on any atom is -0.507 e. The first-order valence-electron chi connectivity index (χ1n) is 12.7. The van der Waals surface area contributed by atoms with Crippen LogP contribution < -0.4 is 5.73 Å². The molecule has 2 unspecified atom stereocenters. The van der Waals surface area contributed by atoms with Gasteiger partial charge in [-0.05, 0) is 67.2 Å². The summed E-state index contributed by atoms with van der Waals surface area (Å²) in [6, 6.07) is 9.51. The molecule has 0 bridgehead atoms. The number of primary amides is 1. The first-order valence-corrected chi connectivity index (χ1v) is 12.7. The van der Waals surface area contributed by atoms with Gasteiger partial charge in [0, 0.05) is 13.0 Å². The van der Waals surface area contributed by atoms with Gasteiger partial charge in [-0.15, -0.1) is 0 Å². The standard InChI is InChI=1S/C29H30N2O8/c1-31(2)23-18-11-15-10-17-16(14-6-4-5-13(9-14)12-39-3)7-8-19(32)21(17)24(33)20(15)26(35)29(18,38)27(36)22(25(23)34)28(30)37/h4-9,15,18,20,22-23,32,38H,10-12H2,1-3H3,(H2,30,37)/t15-,18-,20?,22?,23-,29-/m1/s1. The average Bonchev–Trinajstić information content (AvgIpc) is 2.86. The Morgan fingerprint density at radius 1 is 1.13 bits per heavy atom. The van der Waals surface area contributed by atoms with Crippen molar-refractivity contribution in [3.8, 4) is 16.9 Å². The van der Waals surface area contributed by atoms with Crippen molar-refractivity contribution in [1.82, 2.24) is 4.90 Å². The lowest BCUT2D eigenvalue weighted by molar-refractivity contribution is -0.181. The summed E-state index contributed by atoms with van der Waals surface area (Å²) >= 11 is 0. The van der Waals surface area contributed by atoms with Crippen molar-refractivity contribution in [2.75, 3.05) is 21.2 Å². The van der Waals surface area contributed by atoms with Crippen LogP contribution >= 0.6 is 0 Å². The molecular formula is C29H30N2O8. The number of fused-ring (bicyclic) bond motifs is 3. The highest BCUT2D eigenvalue weighted by Crippen LogP contribution is 2.51. The van der Waals surface area contributed by atoms with E-state index in [1.54, 1.807) is 27.3 Å². The molecular weight excluding hydrogens is 504 g/mol. The Hall–Kier alpha value is -3.73. The van der Waals surface area contributed by atoms with Crippen LogP contribution in [0.25, 0.3) is 11.1 Å². The molecule has 3 aliphatic rings.